The average molecular weight is 327 g/mol. The van der Waals surface area contributed by atoms with E-state index < -0.39 is 16.6 Å². The Hall–Kier alpha value is -3.14. The van der Waals surface area contributed by atoms with Crippen molar-refractivity contribution in [3.8, 4) is 11.8 Å². The Morgan fingerprint density at radius 1 is 1.33 bits per heavy atom. The molecule has 0 aliphatic heterocycles. The number of fused-ring (bicyclic) bond motifs is 1. The maximum Gasteiger partial charge on any atom is 0.408 e. The highest BCUT2D eigenvalue weighted by Gasteiger charge is 2.15. The second-order valence-electron chi connectivity index (χ2n) is 5.97. The Balaban J connectivity index is 2.16. The van der Waals surface area contributed by atoms with Crippen LogP contribution in [0.3, 0.4) is 0 Å². The summed E-state index contributed by atoms with van der Waals surface area (Å²) in [6.45, 7) is 5.43. The number of non-ortho nitro benzene ring substituents is 1. The van der Waals surface area contributed by atoms with E-state index in [4.69, 9.17) is 4.74 Å². The van der Waals surface area contributed by atoms with Crippen molar-refractivity contribution < 1.29 is 14.5 Å². The normalized spacial score (nSPS) is 10.6. The summed E-state index contributed by atoms with van der Waals surface area (Å²) in [5, 5.41) is 14.7. The molecule has 0 radical (unpaired) electrons. The van der Waals surface area contributed by atoms with Crippen LogP contribution >= 0.6 is 0 Å². The third-order valence-electron chi connectivity index (χ3n) is 2.93. The summed E-state index contributed by atoms with van der Waals surface area (Å²) < 4.78 is 5.10. The minimum absolute atomic E-state index is 0.0180. The number of amides is 1. The monoisotopic (exact) mass is 327 g/mol. The number of ether oxygens (including phenoxy) is 1. The number of nitrogens with zero attached hydrogens (tertiary/aromatic N) is 2. The lowest BCUT2D eigenvalue weighted by molar-refractivity contribution is -0.383. The second-order valence-corrected chi connectivity index (χ2v) is 5.97. The second kappa shape index (κ2) is 6.96. The molecule has 1 aromatic heterocycles. The first kappa shape index (κ1) is 17.2. The minimum Gasteiger partial charge on any atom is -0.444 e. The predicted molar refractivity (Wildman–Crippen MR) is 89.5 cm³/mol. The number of benzene rings is 1. The zero-order chi connectivity index (χ0) is 17.7. The van der Waals surface area contributed by atoms with Crippen molar-refractivity contribution in [2.24, 2.45) is 0 Å². The van der Waals surface area contributed by atoms with Crippen LogP contribution in [0.15, 0.2) is 30.6 Å². The van der Waals surface area contributed by atoms with Gasteiger partial charge in [0, 0.05) is 29.4 Å². The average Bonchev–Trinajstić information content (AvgIpc) is 2.49. The maximum absolute atomic E-state index is 11.5. The molecule has 1 amide bonds. The number of carbonyl (C=O) groups is 1. The van der Waals surface area contributed by atoms with Crippen molar-refractivity contribution in [2.45, 2.75) is 26.4 Å². The highest BCUT2D eigenvalue weighted by molar-refractivity contribution is 5.94. The highest BCUT2D eigenvalue weighted by Crippen LogP contribution is 2.26. The number of aromatic nitrogens is 1. The molecule has 24 heavy (non-hydrogen) atoms. The molecular formula is C17H17N3O4. The van der Waals surface area contributed by atoms with Crippen LogP contribution in [0.2, 0.25) is 0 Å². The number of hydrogen-bond donors (Lipinski definition) is 1. The number of pyridine rings is 1. The van der Waals surface area contributed by atoms with E-state index in [1.807, 2.05) is 0 Å². The number of nitrogens with one attached hydrogen (secondary N) is 1. The summed E-state index contributed by atoms with van der Waals surface area (Å²) in [7, 11) is 0. The predicted octanol–water partition coefficient (Wildman–Crippen LogP) is 3.02. The van der Waals surface area contributed by atoms with Gasteiger partial charge < -0.3 is 10.1 Å². The molecule has 0 unspecified atom stereocenters. The number of alkyl carbamates (subject to hydrolysis) is 1. The van der Waals surface area contributed by atoms with Gasteiger partial charge in [0.15, 0.2) is 0 Å². The maximum atomic E-state index is 11.5. The molecule has 0 saturated heterocycles. The number of nitro benzene ring substituents is 1. The van der Waals surface area contributed by atoms with Gasteiger partial charge in [0.1, 0.15) is 5.60 Å². The summed E-state index contributed by atoms with van der Waals surface area (Å²) in [6.07, 6.45) is 2.45. The van der Waals surface area contributed by atoms with Gasteiger partial charge in [-0.25, -0.2) is 4.79 Å². The third-order valence-corrected chi connectivity index (χ3v) is 2.93. The van der Waals surface area contributed by atoms with E-state index in [2.05, 4.69) is 22.1 Å². The van der Waals surface area contributed by atoms with Gasteiger partial charge in [-0.05, 0) is 32.9 Å². The molecule has 0 spiro atoms. The van der Waals surface area contributed by atoms with Gasteiger partial charge in [-0.3, -0.25) is 15.1 Å². The highest BCUT2D eigenvalue weighted by atomic mass is 16.6. The number of carbonyl (C=O) groups excluding carboxylic acids is 1. The molecule has 7 nitrogen and oxygen atoms in total. The Labute approximate surface area is 139 Å². The van der Waals surface area contributed by atoms with Crippen LogP contribution in [0.5, 0.6) is 0 Å². The van der Waals surface area contributed by atoms with Crippen LogP contribution in [0, 0.1) is 22.0 Å². The smallest absolute Gasteiger partial charge is 0.408 e. The van der Waals surface area contributed by atoms with Gasteiger partial charge in [-0.15, -0.1) is 0 Å². The Kier molecular flexibility index (Phi) is 4.99. The number of hydrogen-bond acceptors (Lipinski definition) is 5. The van der Waals surface area contributed by atoms with Crippen LogP contribution in [0.4, 0.5) is 10.5 Å². The lowest BCUT2D eigenvalue weighted by Gasteiger charge is -2.19. The molecule has 0 fully saturated rings. The molecule has 0 atom stereocenters. The molecule has 124 valence electrons. The zero-order valence-corrected chi connectivity index (χ0v) is 13.6. The van der Waals surface area contributed by atoms with E-state index in [1.165, 1.54) is 12.3 Å². The fourth-order valence-electron chi connectivity index (χ4n) is 2.01. The van der Waals surface area contributed by atoms with Gasteiger partial charge in [0.25, 0.3) is 5.69 Å². The van der Waals surface area contributed by atoms with Crippen LogP contribution in [0.1, 0.15) is 26.3 Å². The first-order chi connectivity index (χ1) is 11.3. The van der Waals surface area contributed by atoms with Crippen molar-refractivity contribution in [3.05, 3.63) is 46.3 Å². The van der Waals surface area contributed by atoms with Gasteiger partial charge in [-0.1, -0.05) is 11.8 Å². The van der Waals surface area contributed by atoms with Gasteiger partial charge in [-0.2, -0.15) is 0 Å². The van der Waals surface area contributed by atoms with E-state index in [1.54, 1.807) is 39.1 Å². The summed E-state index contributed by atoms with van der Waals surface area (Å²) in [4.78, 5) is 26.0. The number of rotatable bonds is 2. The van der Waals surface area contributed by atoms with Crippen molar-refractivity contribution in [1.82, 2.24) is 10.3 Å². The molecular weight excluding hydrogens is 310 g/mol. The van der Waals surface area contributed by atoms with Gasteiger partial charge >= 0.3 is 6.09 Å². The molecule has 2 rings (SSSR count). The molecule has 2 aromatic rings. The molecule has 7 heteroatoms. The molecule has 0 saturated carbocycles. The van der Waals surface area contributed by atoms with Crippen LogP contribution in [-0.2, 0) is 4.74 Å². The summed E-state index contributed by atoms with van der Waals surface area (Å²) in [5.41, 5.74) is 0.0403. The molecule has 1 heterocycles. The Bertz CT molecular complexity index is 844. The lowest BCUT2D eigenvalue weighted by atomic mass is 10.1. The van der Waals surface area contributed by atoms with Crippen molar-refractivity contribution in [1.29, 1.82) is 0 Å². The van der Waals surface area contributed by atoms with Crippen molar-refractivity contribution in [3.63, 3.8) is 0 Å². The Morgan fingerprint density at radius 2 is 2.08 bits per heavy atom. The van der Waals surface area contributed by atoms with Crippen LogP contribution in [-0.4, -0.2) is 28.1 Å². The standard InChI is InChI=1S/C17H17N3O4/c1-17(2,3)24-16(21)19-9-4-5-12-6-7-15(20(22)23)14-11-18-10-8-13(12)14/h6-8,10-11H,9H2,1-3H3,(H,19,21). The van der Waals surface area contributed by atoms with Crippen molar-refractivity contribution in [2.75, 3.05) is 6.54 Å². The van der Waals surface area contributed by atoms with Gasteiger partial charge in [0.2, 0.25) is 0 Å². The third kappa shape index (κ3) is 4.43. The summed E-state index contributed by atoms with van der Waals surface area (Å²) >= 11 is 0. The summed E-state index contributed by atoms with van der Waals surface area (Å²) in [6, 6.07) is 4.66. The quantitative estimate of drug-likeness (QED) is 0.520. The summed E-state index contributed by atoms with van der Waals surface area (Å²) in [5.74, 6) is 5.71. The van der Waals surface area contributed by atoms with E-state index in [0.717, 1.165) is 0 Å². The largest absolute Gasteiger partial charge is 0.444 e. The molecule has 0 aliphatic rings. The first-order valence-corrected chi connectivity index (χ1v) is 7.25. The van der Waals surface area contributed by atoms with E-state index in [-0.39, 0.29) is 12.2 Å². The first-order valence-electron chi connectivity index (χ1n) is 7.25. The van der Waals surface area contributed by atoms with Crippen LogP contribution < -0.4 is 5.32 Å². The number of nitro groups is 1. The fraction of sp³-hybridized carbons (Fsp3) is 0.294. The molecule has 1 N–H and O–H groups in total. The fourth-order valence-corrected chi connectivity index (χ4v) is 2.01. The van der Waals surface area contributed by atoms with E-state index >= 15 is 0 Å². The molecule has 1 aromatic carbocycles. The topological polar surface area (TPSA) is 94.4 Å². The van der Waals surface area contributed by atoms with Crippen LogP contribution in [0.25, 0.3) is 10.8 Å². The van der Waals surface area contributed by atoms with E-state index in [0.29, 0.717) is 16.3 Å². The minimum atomic E-state index is -0.570. The van der Waals surface area contributed by atoms with Crippen molar-refractivity contribution >= 4 is 22.6 Å². The lowest BCUT2D eigenvalue weighted by Crippen LogP contribution is -2.32. The SMILES string of the molecule is CC(C)(C)OC(=O)NCC#Cc1ccc([N+](=O)[O-])c2cnccc12. The molecule has 0 aliphatic carbocycles. The van der Waals surface area contributed by atoms with Gasteiger partial charge in [0.05, 0.1) is 16.9 Å². The molecule has 0 bridgehead atoms. The Morgan fingerprint density at radius 3 is 2.75 bits per heavy atom. The zero-order valence-electron chi connectivity index (χ0n) is 13.6. The van der Waals surface area contributed by atoms with E-state index in [9.17, 15) is 14.9 Å².